The highest BCUT2D eigenvalue weighted by Crippen LogP contribution is 1.96. The maximum absolute atomic E-state index is 3.93. The van der Waals surface area contributed by atoms with Crippen LogP contribution < -0.4 is 0 Å². The van der Waals surface area contributed by atoms with Gasteiger partial charge in [-0.3, -0.25) is 4.68 Å². The molecule has 2 nitrogen and oxygen atoms in total. The molecule has 0 spiro atoms. The summed E-state index contributed by atoms with van der Waals surface area (Å²) >= 11 is 0. The van der Waals surface area contributed by atoms with Gasteiger partial charge in [-0.1, -0.05) is 37.3 Å². The first-order chi connectivity index (χ1) is 7.22. The van der Waals surface area contributed by atoms with Crippen LogP contribution >= 0.6 is 0 Å². The zero-order valence-corrected chi connectivity index (χ0v) is 9.64. The third kappa shape index (κ3) is 4.45. The van der Waals surface area contributed by atoms with Gasteiger partial charge in [-0.2, -0.15) is 5.10 Å². The van der Waals surface area contributed by atoms with E-state index in [1.54, 1.807) is 4.68 Å². The summed E-state index contributed by atoms with van der Waals surface area (Å²) in [6.07, 6.45) is 4.95. The van der Waals surface area contributed by atoms with Crippen molar-refractivity contribution in [2.45, 2.75) is 20.3 Å². The number of nitrogens with zero attached hydrogens (tertiary/aromatic N) is 2. The maximum Gasteiger partial charge on any atom is 0.0518 e. The highest BCUT2D eigenvalue weighted by Gasteiger charge is 1.81. The first-order valence-corrected chi connectivity index (χ1v) is 5.21. The van der Waals surface area contributed by atoms with Crippen molar-refractivity contribution in [3.8, 4) is 0 Å². The summed E-state index contributed by atoms with van der Waals surface area (Å²) in [7, 11) is 1.91. The Kier molecular flexibility index (Phi) is 4.61. The lowest BCUT2D eigenvalue weighted by atomic mass is 10.2. The van der Waals surface area contributed by atoms with Crippen LogP contribution in [0.2, 0.25) is 0 Å². The van der Waals surface area contributed by atoms with Gasteiger partial charge >= 0.3 is 0 Å². The normalized spacial score (nSPS) is 9.27. The Morgan fingerprint density at radius 2 is 1.87 bits per heavy atom. The van der Waals surface area contributed by atoms with Crippen LogP contribution in [-0.4, -0.2) is 9.78 Å². The van der Waals surface area contributed by atoms with Crippen molar-refractivity contribution < 1.29 is 0 Å². The molecular formula is C13H18N2. The van der Waals surface area contributed by atoms with Crippen LogP contribution in [-0.2, 0) is 13.5 Å². The average Bonchev–Trinajstić information content (AvgIpc) is 2.65. The van der Waals surface area contributed by atoms with Crippen molar-refractivity contribution in [3.63, 3.8) is 0 Å². The van der Waals surface area contributed by atoms with Gasteiger partial charge in [0.25, 0.3) is 0 Å². The first kappa shape index (κ1) is 11.5. The number of hydrogen-bond acceptors (Lipinski definition) is 1. The minimum absolute atomic E-state index is 1.14. The molecule has 2 rings (SSSR count). The van der Waals surface area contributed by atoms with Gasteiger partial charge in [0.1, 0.15) is 0 Å². The Morgan fingerprint density at radius 1 is 1.20 bits per heavy atom. The number of hydrogen-bond donors (Lipinski definition) is 0. The van der Waals surface area contributed by atoms with E-state index in [9.17, 15) is 0 Å². The maximum atomic E-state index is 3.93. The van der Waals surface area contributed by atoms with Crippen LogP contribution in [0.3, 0.4) is 0 Å². The van der Waals surface area contributed by atoms with E-state index in [1.807, 2.05) is 32.4 Å². The molecule has 0 saturated heterocycles. The zero-order valence-electron chi connectivity index (χ0n) is 9.64. The van der Waals surface area contributed by atoms with Crippen LogP contribution in [0.25, 0.3) is 0 Å². The largest absolute Gasteiger partial charge is 0.276 e. The van der Waals surface area contributed by atoms with Crippen molar-refractivity contribution in [2.24, 2.45) is 7.05 Å². The first-order valence-electron chi connectivity index (χ1n) is 5.21. The van der Waals surface area contributed by atoms with Gasteiger partial charge in [0.2, 0.25) is 0 Å². The molecule has 0 atom stereocenters. The van der Waals surface area contributed by atoms with Crippen molar-refractivity contribution >= 4 is 0 Å². The van der Waals surface area contributed by atoms with Crippen LogP contribution in [0.5, 0.6) is 0 Å². The van der Waals surface area contributed by atoms with Crippen molar-refractivity contribution in [2.75, 3.05) is 0 Å². The summed E-state index contributed by atoms with van der Waals surface area (Å²) in [5.41, 5.74) is 2.62. The second-order valence-corrected chi connectivity index (χ2v) is 3.53. The van der Waals surface area contributed by atoms with E-state index in [2.05, 4.69) is 36.3 Å². The third-order valence-electron chi connectivity index (χ3n) is 2.09. The monoisotopic (exact) mass is 202 g/mol. The van der Waals surface area contributed by atoms with Gasteiger partial charge < -0.3 is 0 Å². The van der Waals surface area contributed by atoms with Crippen LogP contribution in [0.1, 0.15) is 18.1 Å². The SMILES string of the molecule is CCc1ccccc1.Cc1cnn(C)c1. The van der Waals surface area contributed by atoms with Gasteiger partial charge in [-0.25, -0.2) is 0 Å². The lowest BCUT2D eigenvalue weighted by Gasteiger charge is -1.89. The Hall–Kier alpha value is -1.57. The molecule has 80 valence electrons. The predicted molar refractivity (Wildman–Crippen MR) is 63.8 cm³/mol. The molecule has 2 aromatic rings. The Bertz CT molecular complexity index is 360. The Balaban J connectivity index is 0.000000151. The van der Waals surface area contributed by atoms with Crippen molar-refractivity contribution in [1.29, 1.82) is 0 Å². The average molecular weight is 202 g/mol. The molecule has 15 heavy (non-hydrogen) atoms. The zero-order chi connectivity index (χ0) is 11.1. The molecule has 0 amide bonds. The summed E-state index contributed by atoms with van der Waals surface area (Å²) in [6, 6.07) is 10.5. The molecule has 2 heteroatoms. The van der Waals surface area contributed by atoms with E-state index in [-0.39, 0.29) is 0 Å². The van der Waals surface area contributed by atoms with Gasteiger partial charge in [0.15, 0.2) is 0 Å². The smallest absolute Gasteiger partial charge is 0.0518 e. The molecule has 0 unspecified atom stereocenters. The van der Waals surface area contributed by atoms with E-state index in [1.165, 1.54) is 11.1 Å². The minimum atomic E-state index is 1.14. The molecule has 1 aromatic heterocycles. The molecule has 0 radical (unpaired) electrons. The second kappa shape index (κ2) is 6.02. The molecular weight excluding hydrogens is 184 g/mol. The van der Waals surface area contributed by atoms with Gasteiger partial charge in [0, 0.05) is 13.2 Å². The third-order valence-corrected chi connectivity index (χ3v) is 2.09. The fourth-order valence-corrected chi connectivity index (χ4v) is 1.26. The van der Waals surface area contributed by atoms with E-state index >= 15 is 0 Å². The second-order valence-electron chi connectivity index (χ2n) is 3.53. The topological polar surface area (TPSA) is 17.8 Å². The van der Waals surface area contributed by atoms with Crippen LogP contribution in [0, 0.1) is 6.92 Å². The molecule has 0 bridgehead atoms. The van der Waals surface area contributed by atoms with Gasteiger partial charge in [0.05, 0.1) is 6.20 Å². The standard InChI is InChI=1S/C8H10.C5H8N2/c1-2-8-6-4-3-5-7-8;1-5-3-6-7(2)4-5/h3-7H,2H2,1H3;3-4H,1-2H3. The lowest BCUT2D eigenvalue weighted by Crippen LogP contribution is -1.83. The molecule has 0 aliphatic heterocycles. The number of aromatic nitrogens is 2. The van der Waals surface area contributed by atoms with Gasteiger partial charge in [-0.05, 0) is 24.5 Å². The summed E-state index contributed by atoms with van der Waals surface area (Å²) in [4.78, 5) is 0. The van der Waals surface area contributed by atoms with Crippen molar-refractivity contribution in [3.05, 3.63) is 53.9 Å². The quantitative estimate of drug-likeness (QED) is 0.695. The summed E-state index contributed by atoms with van der Waals surface area (Å²) in [5.74, 6) is 0. The number of benzene rings is 1. The molecule has 0 fully saturated rings. The predicted octanol–water partition coefficient (Wildman–Crippen LogP) is 2.98. The highest BCUT2D eigenvalue weighted by atomic mass is 15.2. The van der Waals surface area contributed by atoms with Crippen LogP contribution in [0.15, 0.2) is 42.7 Å². The van der Waals surface area contributed by atoms with E-state index < -0.39 is 0 Å². The minimum Gasteiger partial charge on any atom is -0.276 e. The van der Waals surface area contributed by atoms with Gasteiger partial charge in [-0.15, -0.1) is 0 Å². The van der Waals surface area contributed by atoms with E-state index in [0.717, 1.165) is 6.42 Å². The fourth-order valence-electron chi connectivity index (χ4n) is 1.26. The van der Waals surface area contributed by atoms with E-state index in [4.69, 9.17) is 0 Å². The Labute approximate surface area is 91.6 Å². The van der Waals surface area contributed by atoms with Crippen molar-refractivity contribution in [1.82, 2.24) is 9.78 Å². The lowest BCUT2D eigenvalue weighted by molar-refractivity contribution is 0.767. The Morgan fingerprint density at radius 3 is 2.13 bits per heavy atom. The number of rotatable bonds is 1. The molecule has 0 aliphatic carbocycles. The summed E-state index contributed by atoms with van der Waals surface area (Å²) in [6.45, 7) is 4.18. The molecule has 1 heterocycles. The highest BCUT2D eigenvalue weighted by molar-refractivity contribution is 5.13. The summed E-state index contributed by atoms with van der Waals surface area (Å²) < 4.78 is 1.79. The summed E-state index contributed by atoms with van der Waals surface area (Å²) in [5, 5.41) is 3.93. The fraction of sp³-hybridized carbons (Fsp3) is 0.308. The van der Waals surface area contributed by atoms with Crippen LogP contribution in [0.4, 0.5) is 0 Å². The van der Waals surface area contributed by atoms with E-state index in [0.29, 0.717) is 0 Å². The molecule has 0 aliphatic rings. The molecule has 1 aromatic carbocycles. The molecule has 0 N–H and O–H groups in total. The number of aryl methyl sites for hydroxylation is 3. The molecule has 0 saturated carbocycles.